The normalized spacial score (nSPS) is 17.9. The van der Waals surface area contributed by atoms with Gasteiger partial charge in [0.25, 0.3) is 0 Å². The Morgan fingerprint density at radius 3 is 2.07 bits per heavy atom. The number of nitrogens with one attached hydrogen (secondary N) is 3. The number of carbonyl (C=O) groups excluding carboxylic acids is 3. The minimum atomic E-state index is -4.99. The Bertz CT molecular complexity index is 571. The molecule has 27 heavy (non-hydrogen) atoms. The highest BCUT2D eigenvalue weighted by molar-refractivity contribution is 7.69. The van der Waals surface area contributed by atoms with Gasteiger partial charge in [-0.05, 0) is 24.7 Å². The Morgan fingerprint density at radius 1 is 1.00 bits per heavy atom. The molecule has 0 radical (unpaired) electrons. The van der Waals surface area contributed by atoms with Gasteiger partial charge < -0.3 is 25.7 Å². The van der Waals surface area contributed by atoms with Crippen LogP contribution in [0.25, 0.3) is 0 Å². The van der Waals surface area contributed by atoms with Crippen LogP contribution in [0.4, 0.5) is 4.79 Å². The molecule has 0 aromatic rings. The van der Waals surface area contributed by atoms with Crippen molar-refractivity contribution in [3.8, 4) is 0 Å². The van der Waals surface area contributed by atoms with Crippen molar-refractivity contribution in [2.45, 2.75) is 70.9 Å². The first-order chi connectivity index (χ1) is 12.5. The zero-order valence-electron chi connectivity index (χ0n) is 16.2. The maximum absolute atomic E-state index is 12.7. The molecule has 1 rings (SSSR count). The van der Waals surface area contributed by atoms with E-state index in [-0.39, 0.29) is 18.2 Å². The third-order valence-corrected chi connectivity index (χ3v) is 5.42. The summed E-state index contributed by atoms with van der Waals surface area (Å²) in [7, 11) is -3.50. The third kappa shape index (κ3) is 8.41. The molecule has 5 N–H and O–H groups in total. The Balaban J connectivity index is 2.84. The highest BCUT2D eigenvalue weighted by atomic mass is 31.2. The van der Waals surface area contributed by atoms with Crippen LogP contribution in [-0.2, 0) is 14.2 Å². The van der Waals surface area contributed by atoms with Crippen LogP contribution >= 0.6 is 7.60 Å². The van der Waals surface area contributed by atoms with Gasteiger partial charge in [0.15, 0.2) is 0 Å². The maximum atomic E-state index is 12.7. The van der Waals surface area contributed by atoms with E-state index in [9.17, 15) is 18.9 Å². The highest BCUT2D eigenvalue weighted by Gasteiger charge is 2.33. The lowest BCUT2D eigenvalue weighted by Crippen LogP contribution is -2.54. The Kier molecular flexibility index (Phi) is 9.42. The van der Waals surface area contributed by atoms with Crippen LogP contribution in [0.2, 0.25) is 0 Å². The molecule has 0 saturated heterocycles. The van der Waals surface area contributed by atoms with Gasteiger partial charge in [0.2, 0.25) is 11.8 Å². The number of carbonyl (C=O) groups is 3. The Morgan fingerprint density at radius 2 is 1.59 bits per heavy atom. The van der Waals surface area contributed by atoms with Gasteiger partial charge in [-0.15, -0.1) is 0 Å². The average Bonchev–Trinajstić information content (AvgIpc) is 2.59. The predicted octanol–water partition coefficient (Wildman–Crippen LogP) is 1.49. The first-order valence-corrected chi connectivity index (χ1v) is 11.0. The molecule has 2 atom stereocenters. The average molecular weight is 405 g/mol. The molecule has 9 nitrogen and oxygen atoms in total. The summed E-state index contributed by atoms with van der Waals surface area (Å²) in [6.45, 7) is 3.64. The third-order valence-electron chi connectivity index (χ3n) is 4.76. The highest BCUT2D eigenvalue weighted by Crippen LogP contribution is 2.35. The van der Waals surface area contributed by atoms with Crippen LogP contribution in [-0.4, -0.2) is 46.4 Å². The molecule has 3 amide bonds. The number of amides is 3. The van der Waals surface area contributed by atoms with E-state index in [1.54, 1.807) is 0 Å². The molecule has 0 aromatic heterocycles. The fourth-order valence-corrected chi connectivity index (χ4v) is 3.69. The van der Waals surface area contributed by atoms with Gasteiger partial charge in [0, 0.05) is 7.05 Å². The van der Waals surface area contributed by atoms with Crippen molar-refractivity contribution in [1.29, 1.82) is 0 Å². The van der Waals surface area contributed by atoms with Crippen molar-refractivity contribution < 1.29 is 28.7 Å². The summed E-state index contributed by atoms with van der Waals surface area (Å²) in [6, 6.07) is -1.86. The van der Waals surface area contributed by atoms with Gasteiger partial charge in [0.1, 0.15) is 12.1 Å². The van der Waals surface area contributed by atoms with Gasteiger partial charge in [-0.25, -0.2) is 4.57 Å². The molecular weight excluding hydrogens is 373 g/mol. The van der Waals surface area contributed by atoms with Gasteiger partial charge in [-0.1, -0.05) is 46.0 Å². The molecule has 1 fully saturated rings. The fraction of sp³-hybridized carbons (Fsp3) is 0.824. The van der Waals surface area contributed by atoms with Gasteiger partial charge in [-0.3, -0.25) is 14.4 Å². The standard InChI is InChI=1S/C17H32N3O6P/c1-11(2)9-13(20-17(23)27(24,25)26)16(22)19-14(15(21)18-3)10-12-7-5-4-6-8-12/h11-14H,4-10H2,1-3H3,(H,18,21)(H,19,22)(H,20,23)(H2,24,25,26). The summed E-state index contributed by atoms with van der Waals surface area (Å²) >= 11 is 0. The molecule has 0 spiro atoms. The first kappa shape index (κ1) is 23.6. The predicted molar refractivity (Wildman–Crippen MR) is 101 cm³/mol. The summed E-state index contributed by atoms with van der Waals surface area (Å²) in [5.41, 5.74) is -1.49. The van der Waals surface area contributed by atoms with E-state index in [4.69, 9.17) is 9.79 Å². The lowest BCUT2D eigenvalue weighted by Gasteiger charge is -2.28. The second-order valence-corrected chi connectivity index (χ2v) is 9.09. The smallest absolute Gasteiger partial charge is 0.357 e. The van der Waals surface area contributed by atoms with Crippen molar-refractivity contribution >= 4 is 25.1 Å². The van der Waals surface area contributed by atoms with Gasteiger partial charge >= 0.3 is 13.2 Å². The van der Waals surface area contributed by atoms with E-state index in [1.807, 2.05) is 13.8 Å². The molecule has 0 heterocycles. The molecule has 2 unspecified atom stereocenters. The number of hydrogen-bond acceptors (Lipinski definition) is 4. The summed E-state index contributed by atoms with van der Waals surface area (Å²) in [6.07, 6.45) is 6.11. The molecule has 0 bridgehead atoms. The quantitative estimate of drug-likeness (QED) is 0.368. The molecular formula is C17H32N3O6P. The summed E-state index contributed by atoms with van der Waals surface area (Å²) < 4.78 is 11.1. The summed E-state index contributed by atoms with van der Waals surface area (Å²) in [4.78, 5) is 54.4. The second kappa shape index (κ2) is 10.8. The van der Waals surface area contributed by atoms with Crippen LogP contribution < -0.4 is 16.0 Å². The molecule has 1 aliphatic rings. The van der Waals surface area contributed by atoms with E-state index >= 15 is 0 Å². The maximum Gasteiger partial charge on any atom is 0.413 e. The molecule has 1 saturated carbocycles. The summed E-state index contributed by atoms with van der Waals surface area (Å²) in [5, 5.41) is 7.31. The van der Waals surface area contributed by atoms with Crippen LogP contribution in [0.1, 0.15) is 58.8 Å². The van der Waals surface area contributed by atoms with Crippen molar-refractivity contribution in [3.63, 3.8) is 0 Å². The SMILES string of the molecule is CNC(=O)C(CC1CCCCC1)NC(=O)C(CC(C)C)NC(=O)P(=O)(O)O. The van der Waals surface area contributed by atoms with Crippen molar-refractivity contribution in [1.82, 2.24) is 16.0 Å². The molecule has 156 valence electrons. The van der Waals surface area contributed by atoms with Crippen LogP contribution in [0.15, 0.2) is 0 Å². The van der Waals surface area contributed by atoms with Crippen molar-refractivity contribution in [2.24, 2.45) is 11.8 Å². The summed E-state index contributed by atoms with van der Waals surface area (Å²) in [5.74, 6) is -0.599. The van der Waals surface area contributed by atoms with E-state index in [1.165, 1.54) is 13.5 Å². The van der Waals surface area contributed by atoms with Gasteiger partial charge in [0.05, 0.1) is 0 Å². The van der Waals surface area contributed by atoms with Crippen LogP contribution in [0.3, 0.4) is 0 Å². The van der Waals surface area contributed by atoms with Crippen LogP contribution in [0.5, 0.6) is 0 Å². The lowest BCUT2D eigenvalue weighted by atomic mass is 9.84. The van der Waals surface area contributed by atoms with Crippen LogP contribution in [0, 0.1) is 11.8 Å². The minimum absolute atomic E-state index is 0.00498. The van der Waals surface area contributed by atoms with E-state index in [0.29, 0.717) is 12.3 Å². The fourth-order valence-electron chi connectivity index (χ4n) is 3.37. The van der Waals surface area contributed by atoms with Gasteiger partial charge in [-0.2, -0.15) is 0 Å². The molecule has 0 aromatic carbocycles. The van der Waals surface area contributed by atoms with Crippen molar-refractivity contribution in [2.75, 3.05) is 7.05 Å². The second-order valence-electron chi connectivity index (χ2n) is 7.59. The molecule has 0 aliphatic heterocycles. The van der Waals surface area contributed by atoms with E-state index < -0.39 is 31.2 Å². The number of hydrogen-bond donors (Lipinski definition) is 5. The Hall–Kier alpha value is -1.44. The van der Waals surface area contributed by atoms with E-state index in [2.05, 4.69) is 16.0 Å². The first-order valence-electron chi connectivity index (χ1n) is 9.43. The zero-order valence-corrected chi connectivity index (χ0v) is 17.1. The van der Waals surface area contributed by atoms with E-state index in [0.717, 1.165) is 25.7 Å². The zero-order chi connectivity index (χ0) is 20.6. The largest absolute Gasteiger partial charge is 0.413 e. The lowest BCUT2D eigenvalue weighted by molar-refractivity contribution is -0.130. The monoisotopic (exact) mass is 405 g/mol. The van der Waals surface area contributed by atoms with Crippen molar-refractivity contribution in [3.05, 3.63) is 0 Å². The number of rotatable bonds is 9. The topological polar surface area (TPSA) is 145 Å². The minimum Gasteiger partial charge on any atom is -0.357 e. The molecule has 1 aliphatic carbocycles. The molecule has 10 heteroatoms. The Labute approximate surface area is 160 Å². The number of likely N-dealkylation sites (N-methyl/N-ethyl adjacent to an activating group) is 1.